The van der Waals surface area contributed by atoms with E-state index in [0.717, 1.165) is 24.0 Å². The fourth-order valence-electron chi connectivity index (χ4n) is 2.23. The van der Waals surface area contributed by atoms with Crippen LogP contribution in [0, 0.1) is 6.92 Å². The molecule has 22 heavy (non-hydrogen) atoms. The topological polar surface area (TPSA) is 38.3 Å². The van der Waals surface area contributed by atoms with Gasteiger partial charge in [-0.1, -0.05) is 41.9 Å². The summed E-state index contributed by atoms with van der Waals surface area (Å²) in [6.45, 7) is 1.91. The summed E-state index contributed by atoms with van der Waals surface area (Å²) in [6, 6.07) is 15.3. The van der Waals surface area contributed by atoms with Gasteiger partial charge in [-0.15, -0.1) is 0 Å². The van der Waals surface area contributed by atoms with Crippen LogP contribution >= 0.6 is 11.6 Å². The summed E-state index contributed by atoms with van der Waals surface area (Å²) in [7, 11) is 0. The fraction of sp³-hybridized carbons (Fsp3) is 0.278. The van der Waals surface area contributed by atoms with Crippen LogP contribution in [0.1, 0.15) is 30.1 Å². The molecule has 1 N–H and O–H groups in total. The highest BCUT2D eigenvalue weighted by Gasteiger charge is 2.29. The van der Waals surface area contributed by atoms with Gasteiger partial charge in [0, 0.05) is 16.6 Å². The summed E-state index contributed by atoms with van der Waals surface area (Å²) in [5.74, 6) is 0.544. The van der Waals surface area contributed by atoms with Crippen molar-refractivity contribution in [3.8, 4) is 5.75 Å². The van der Waals surface area contributed by atoms with E-state index in [-0.39, 0.29) is 5.91 Å². The van der Waals surface area contributed by atoms with Crippen molar-refractivity contribution >= 4 is 17.5 Å². The van der Waals surface area contributed by atoms with Crippen molar-refractivity contribution in [1.82, 2.24) is 5.32 Å². The zero-order valence-corrected chi connectivity index (χ0v) is 13.1. The Morgan fingerprint density at radius 3 is 2.59 bits per heavy atom. The Morgan fingerprint density at radius 2 is 1.95 bits per heavy atom. The first kappa shape index (κ1) is 14.9. The molecule has 0 aliphatic heterocycles. The van der Waals surface area contributed by atoms with Crippen LogP contribution in [0.2, 0.25) is 5.02 Å². The second-order valence-electron chi connectivity index (χ2n) is 5.60. The minimum absolute atomic E-state index is 0.0960. The largest absolute Gasteiger partial charge is 0.476 e. The number of carbonyl (C=O) groups excluding carboxylic acids is 1. The third-order valence-corrected chi connectivity index (χ3v) is 4.07. The molecule has 0 aromatic heterocycles. The van der Waals surface area contributed by atoms with Gasteiger partial charge in [0.1, 0.15) is 5.75 Å². The minimum Gasteiger partial charge on any atom is -0.476 e. The van der Waals surface area contributed by atoms with E-state index in [1.807, 2.05) is 43.3 Å². The number of amides is 1. The Hall–Kier alpha value is -2.00. The Balaban J connectivity index is 1.83. The van der Waals surface area contributed by atoms with Crippen LogP contribution in [0.4, 0.5) is 0 Å². The molecule has 3 nitrogen and oxygen atoms in total. The number of rotatable bonds is 5. The molecule has 4 heteroatoms. The van der Waals surface area contributed by atoms with Crippen LogP contribution in [-0.2, 0) is 4.79 Å². The maximum absolute atomic E-state index is 12.5. The third-order valence-electron chi connectivity index (χ3n) is 3.65. The molecule has 114 valence electrons. The molecule has 0 radical (unpaired) electrons. The standard InChI is InChI=1S/C18H18ClNO2/c1-12-11-15(9-10-16(12)19)22-17(13-5-3-2-4-6-13)18(21)20-14-7-8-14/h2-6,9-11,14,17H,7-8H2,1H3,(H,20,21)/t17-/m1/s1. The van der Waals surface area contributed by atoms with Gasteiger partial charge in [0.05, 0.1) is 0 Å². The lowest BCUT2D eigenvalue weighted by Gasteiger charge is -2.19. The SMILES string of the molecule is Cc1cc(O[C@@H](C(=O)NC2CC2)c2ccccc2)ccc1Cl. The van der Waals surface area contributed by atoms with Crippen molar-refractivity contribution in [3.63, 3.8) is 0 Å². The van der Waals surface area contributed by atoms with E-state index in [9.17, 15) is 4.79 Å². The van der Waals surface area contributed by atoms with Crippen LogP contribution in [0.15, 0.2) is 48.5 Å². The smallest absolute Gasteiger partial charge is 0.266 e. The molecule has 1 atom stereocenters. The average molecular weight is 316 g/mol. The number of nitrogens with one attached hydrogen (secondary N) is 1. The summed E-state index contributed by atoms with van der Waals surface area (Å²) in [5, 5.41) is 3.69. The predicted molar refractivity (Wildman–Crippen MR) is 87.2 cm³/mol. The van der Waals surface area contributed by atoms with Crippen LogP contribution < -0.4 is 10.1 Å². The molecule has 1 aliphatic rings. The van der Waals surface area contributed by atoms with E-state index in [4.69, 9.17) is 16.3 Å². The van der Waals surface area contributed by atoms with Gasteiger partial charge < -0.3 is 10.1 Å². The normalized spacial score (nSPS) is 15.2. The zero-order chi connectivity index (χ0) is 15.5. The van der Waals surface area contributed by atoms with E-state index in [2.05, 4.69) is 5.32 Å². The van der Waals surface area contributed by atoms with E-state index < -0.39 is 6.10 Å². The van der Waals surface area contributed by atoms with Gasteiger partial charge in [0.15, 0.2) is 0 Å². The summed E-state index contributed by atoms with van der Waals surface area (Å²) >= 11 is 6.04. The molecule has 2 aromatic carbocycles. The lowest BCUT2D eigenvalue weighted by atomic mass is 10.1. The highest BCUT2D eigenvalue weighted by atomic mass is 35.5. The lowest BCUT2D eigenvalue weighted by molar-refractivity contribution is -0.128. The van der Waals surface area contributed by atoms with Gasteiger partial charge >= 0.3 is 0 Å². The Kier molecular flexibility index (Phi) is 4.34. The van der Waals surface area contributed by atoms with Crippen LogP contribution in [0.3, 0.4) is 0 Å². The summed E-state index contributed by atoms with van der Waals surface area (Å²) < 4.78 is 5.96. The molecule has 2 aromatic rings. The molecule has 1 saturated carbocycles. The highest BCUT2D eigenvalue weighted by molar-refractivity contribution is 6.31. The molecule has 0 saturated heterocycles. The molecule has 1 aliphatic carbocycles. The molecule has 0 unspecified atom stereocenters. The maximum Gasteiger partial charge on any atom is 0.266 e. The van der Waals surface area contributed by atoms with E-state index in [1.165, 1.54) is 0 Å². The Labute approximate surface area is 135 Å². The maximum atomic E-state index is 12.5. The predicted octanol–water partition coefficient (Wildman–Crippen LogP) is 4.05. The first-order valence-electron chi connectivity index (χ1n) is 7.41. The number of ether oxygens (including phenoxy) is 1. The van der Waals surface area contributed by atoms with Gasteiger partial charge in [-0.25, -0.2) is 0 Å². The molecule has 0 spiro atoms. The van der Waals surface area contributed by atoms with Crippen LogP contribution in [-0.4, -0.2) is 11.9 Å². The van der Waals surface area contributed by atoms with Crippen molar-refractivity contribution in [1.29, 1.82) is 0 Å². The Morgan fingerprint density at radius 1 is 1.23 bits per heavy atom. The van der Waals surface area contributed by atoms with E-state index in [1.54, 1.807) is 12.1 Å². The molecular weight excluding hydrogens is 298 g/mol. The number of hydrogen-bond acceptors (Lipinski definition) is 2. The lowest BCUT2D eigenvalue weighted by Crippen LogP contribution is -2.33. The van der Waals surface area contributed by atoms with Crippen LogP contribution in [0.5, 0.6) is 5.75 Å². The molecule has 3 rings (SSSR count). The molecule has 0 bridgehead atoms. The quantitative estimate of drug-likeness (QED) is 0.904. The summed E-state index contributed by atoms with van der Waals surface area (Å²) in [5.41, 5.74) is 1.77. The van der Waals surface area contributed by atoms with Crippen LogP contribution in [0.25, 0.3) is 0 Å². The van der Waals surface area contributed by atoms with Gasteiger partial charge in [0.2, 0.25) is 6.10 Å². The molecule has 1 amide bonds. The zero-order valence-electron chi connectivity index (χ0n) is 12.4. The summed E-state index contributed by atoms with van der Waals surface area (Å²) in [6.07, 6.45) is 1.45. The van der Waals surface area contributed by atoms with Gasteiger partial charge in [-0.3, -0.25) is 4.79 Å². The number of hydrogen-bond donors (Lipinski definition) is 1. The van der Waals surface area contributed by atoms with Gasteiger partial charge in [-0.05, 0) is 43.5 Å². The third kappa shape index (κ3) is 3.60. The highest BCUT2D eigenvalue weighted by Crippen LogP contribution is 2.27. The molecule has 1 fully saturated rings. The minimum atomic E-state index is -0.651. The van der Waals surface area contributed by atoms with Gasteiger partial charge in [-0.2, -0.15) is 0 Å². The Bertz CT molecular complexity index is 668. The van der Waals surface area contributed by atoms with E-state index >= 15 is 0 Å². The molecule has 0 heterocycles. The average Bonchev–Trinajstić information content (AvgIpc) is 3.33. The molecular formula is C18H18ClNO2. The van der Waals surface area contributed by atoms with Gasteiger partial charge in [0.25, 0.3) is 5.91 Å². The van der Waals surface area contributed by atoms with Crippen molar-refractivity contribution in [2.24, 2.45) is 0 Å². The van der Waals surface area contributed by atoms with E-state index in [0.29, 0.717) is 16.8 Å². The number of carbonyl (C=O) groups is 1. The summed E-state index contributed by atoms with van der Waals surface area (Å²) in [4.78, 5) is 12.5. The fourth-order valence-corrected chi connectivity index (χ4v) is 2.35. The monoisotopic (exact) mass is 315 g/mol. The van der Waals surface area contributed by atoms with Crippen molar-refractivity contribution in [3.05, 3.63) is 64.7 Å². The number of halogens is 1. The van der Waals surface area contributed by atoms with Crippen molar-refractivity contribution in [2.75, 3.05) is 0 Å². The number of aryl methyl sites for hydroxylation is 1. The second-order valence-corrected chi connectivity index (χ2v) is 6.01. The number of benzene rings is 2. The van der Waals surface area contributed by atoms with Crippen molar-refractivity contribution in [2.45, 2.75) is 31.9 Å². The first-order chi connectivity index (χ1) is 10.6. The second kappa shape index (κ2) is 6.41. The first-order valence-corrected chi connectivity index (χ1v) is 7.79. The van der Waals surface area contributed by atoms with Crippen molar-refractivity contribution < 1.29 is 9.53 Å².